The zero-order valence-corrected chi connectivity index (χ0v) is 16.6. The first-order valence-corrected chi connectivity index (χ1v) is 10.3. The number of anilines is 1. The first-order chi connectivity index (χ1) is 14.1. The van der Waals surface area contributed by atoms with Gasteiger partial charge in [-0.05, 0) is 61.3 Å². The van der Waals surface area contributed by atoms with E-state index in [4.69, 9.17) is 0 Å². The van der Waals surface area contributed by atoms with Gasteiger partial charge in [0, 0.05) is 45.0 Å². The molecule has 2 heterocycles. The Labute approximate surface area is 170 Å². The number of piperidine rings is 1. The van der Waals surface area contributed by atoms with Gasteiger partial charge in [0.2, 0.25) is 5.91 Å². The van der Waals surface area contributed by atoms with E-state index in [1.54, 1.807) is 24.3 Å². The molecule has 4 nitrogen and oxygen atoms in total. The molecule has 4 rings (SSSR count). The smallest absolute Gasteiger partial charge is 0.227 e. The molecule has 0 aromatic heterocycles. The molecule has 2 fully saturated rings. The van der Waals surface area contributed by atoms with Crippen LogP contribution >= 0.6 is 0 Å². The largest absolute Gasteiger partial charge is 0.368 e. The van der Waals surface area contributed by atoms with E-state index in [0.717, 1.165) is 50.3 Å². The Morgan fingerprint density at radius 1 is 0.931 bits per heavy atom. The van der Waals surface area contributed by atoms with Gasteiger partial charge in [0.15, 0.2) is 0 Å². The third kappa shape index (κ3) is 4.93. The van der Waals surface area contributed by atoms with Crippen LogP contribution in [0, 0.1) is 17.6 Å². The summed E-state index contributed by atoms with van der Waals surface area (Å²) < 4.78 is 26.6. The predicted molar refractivity (Wildman–Crippen MR) is 110 cm³/mol. The SMILES string of the molecule is O=C(C1CCCN(Cc2cccc(F)c2)C1)N1CCN(c2ccc(F)cc2)CC1. The number of hydrogen-bond donors (Lipinski definition) is 0. The Morgan fingerprint density at radius 3 is 2.41 bits per heavy atom. The summed E-state index contributed by atoms with van der Waals surface area (Å²) in [5.74, 6) is -0.212. The second kappa shape index (κ2) is 8.91. The van der Waals surface area contributed by atoms with Gasteiger partial charge in [0.25, 0.3) is 0 Å². The summed E-state index contributed by atoms with van der Waals surface area (Å²) in [6.07, 6.45) is 1.90. The van der Waals surface area contributed by atoms with Crippen LogP contribution in [0.2, 0.25) is 0 Å². The van der Waals surface area contributed by atoms with Crippen molar-refractivity contribution in [2.24, 2.45) is 5.92 Å². The Kier molecular flexibility index (Phi) is 6.09. The first-order valence-electron chi connectivity index (χ1n) is 10.3. The molecule has 1 atom stereocenters. The monoisotopic (exact) mass is 399 g/mol. The Hall–Kier alpha value is -2.47. The van der Waals surface area contributed by atoms with E-state index in [1.165, 1.54) is 18.2 Å². The molecule has 154 valence electrons. The van der Waals surface area contributed by atoms with Crippen molar-refractivity contribution in [2.75, 3.05) is 44.2 Å². The zero-order chi connectivity index (χ0) is 20.2. The minimum absolute atomic E-state index is 0.00896. The van der Waals surface area contributed by atoms with E-state index >= 15 is 0 Å². The van der Waals surface area contributed by atoms with Crippen molar-refractivity contribution in [3.8, 4) is 0 Å². The summed E-state index contributed by atoms with van der Waals surface area (Å²) in [6, 6.07) is 13.2. The molecule has 2 saturated heterocycles. The lowest BCUT2D eigenvalue weighted by Gasteiger charge is -2.39. The highest BCUT2D eigenvalue weighted by atomic mass is 19.1. The van der Waals surface area contributed by atoms with Crippen molar-refractivity contribution >= 4 is 11.6 Å². The number of halogens is 2. The molecular formula is C23H27F2N3O. The number of rotatable bonds is 4. The molecule has 0 aliphatic carbocycles. The van der Waals surface area contributed by atoms with Crippen molar-refractivity contribution in [3.05, 3.63) is 65.7 Å². The lowest BCUT2D eigenvalue weighted by molar-refractivity contribution is -0.137. The van der Waals surface area contributed by atoms with Crippen LogP contribution in [0.5, 0.6) is 0 Å². The van der Waals surface area contributed by atoms with Crippen LogP contribution < -0.4 is 4.90 Å². The highest BCUT2D eigenvalue weighted by Crippen LogP contribution is 2.23. The van der Waals surface area contributed by atoms with Crippen molar-refractivity contribution in [2.45, 2.75) is 19.4 Å². The highest BCUT2D eigenvalue weighted by Gasteiger charge is 2.31. The normalized spacial score (nSPS) is 20.7. The molecule has 2 aliphatic rings. The lowest BCUT2D eigenvalue weighted by atomic mass is 9.95. The summed E-state index contributed by atoms with van der Waals surface area (Å²) in [6.45, 7) is 5.26. The topological polar surface area (TPSA) is 26.8 Å². The van der Waals surface area contributed by atoms with E-state index in [-0.39, 0.29) is 23.5 Å². The third-order valence-electron chi connectivity index (χ3n) is 5.93. The summed E-state index contributed by atoms with van der Waals surface area (Å²) in [4.78, 5) is 19.5. The van der Waals surface area contributed by atoms with E-state index < -0.39 is 0 Å². The molecule has 29 heavy (non-hydrogen) atoms. The Balaban J connectivity index is 1.30. The van der Waals surface area contributed by atoms with Crippen LogP contribution in [-0.4, -0.2) is 55.0 Å². The van der Waals surface area contributed by atoms with Crippen molar-refractivity contribution < 1.29 is 13.6 Å². The maximum atomic E-state index is 13.4. The fourth-order valence-corrected chi connectivity index (χ4v) is 4.39. The van der Waals surface area contributed by atoms with Gasteiger partial charge >= 0.3 is 0 Å². The average Bonchev–Trinajstić information content (AvgIpc) is 2.74. The molecule has 0 spiro atoms. The van der Waals surface area contributed by atoms with E-state index in [0.29, 0.717) is 19.6 Å². The molecule has 1 amide bonds. The fourth-order valence-electron chi connectivity index (χ4n) is 4.39. The lowest BCUT2D eigenvalue weighted by Crippen LogP contribution is -2.52. The van der Waals surface area contributed by atoms with Crippen molar-refractivity contribution in [3.63, 3.8) is 0 Å². The number of piperazine rings is 1. The fraction of sp³-hybridized carbons (Fsp3) is 0.435. The second-order valence-corrected chi connectivity index (χ2v) is 7.99. The van der Waals surface area contributed by atoms with E-state index in [2.05, 4.69) is 9.80 Å². The van der Waals surface area contributed by atoms with Gasteiger partial charge in [0.05, 0.1) is 5.92 Å². The molecule has 0 saturated carbocycles. The number of hydrogen-bond acceptors (Lipinski definition) is 3. The molecular weight excluding hydrogens is 372 g/mol. The minimum atomic E-state index is -0.234. The molecule has 0 bridgehead atoms. The van der Waals surface area contributed by atoms with Crippen LogP contribution in [0.25, 0.3) is 0 Å². The van der Waals surface area contributed by atoms with E-state index in [1.807, 2.05) is 11.0 Å². The first kappa shape index (κ1) is 19.8. The van der Waals surface area contributed by atoms with Gasteiger partial charge in [0.1, 0.15) is 11.6 Å². The number of carbonyl (C=O) groups excluding carboxylic acids is 1. The molecule has 2 aliphatic heterocycles. The summed E-state index contributed by atoms with van der Waals surface area (Å²) in [5.41, 5.74) is 1.95. The molecule has 6 heteroatoms. The number of amides is 1. The van der Waals surface area contributed by atoms with Crippen LogP contribution in [-0.2, 0) is 11.3 Å². The number of nitrogens with zero attached hydrogens (tertiary/aromatic N) is 3. The van der Waals surface area contributed by atoms with Gasteiger partial charge in [-0.1, -0.05) is 12.1 Å². The Bertz CT molecular complexity index is 834. The molecule has 2 aromatic rings. The van der Waals surface area contributed by atoms with Gasteiger partial charge in [-0.15, -0.1) is 0 Å². The zero-order valence-electron chi connectivity index (χ0n) is 16.6. The Morgan fingerprint density at radius 2 is 1.69 bits per heavy atom. The highest BCUT2D eigenvalue weighted by molar-refractivity contribution is 5.79. The minimum Gasteiger partial charge on any atom is -0.368 e. The quantitative estimate of drug-likeness (QED) is 0.787. The van der Waals surface area contributed by atoms with E-state index in [9.17, 15) is 13.6 Å². The maximum absolute atomic E-state index is 13.4. The second-order valence-electron chi connectivity index (χ2n) is 7.99. The van der Waals surface area contributed by atoms with Crippen molar-refractivity contribution in [1.82, 2.24) is 9.80 Å². The molecule has 2 aromatic carbocycles. The van der Waals surface area contributed by atoms with Crippen molar-refractivity contribution in [1.29, 1.82) is 0 Å². The third-order valence-corrected chi connectivity index (χ3v) is 5.93. The summed E-state index contributed by atoms with van der Waals surface area (Å²) in [5, 5.41) is 0. The molecule has 0 radical (unpaired) electrons. The molecule has 0 N–H and O–H groups in total. The van der Waals surface area contributed by atoms with Crippen LogP contribution in [0.1, 0.15) is 18.4 Å². The van der Waals surface area contributed by atoms with Crippen LogP contribution in [0.15, 0.2) is 48.5 Å². The van der Waals surface area contributed by atoms with Crippen LogP contribution in [0.3, 0.4) is 0 Å². The maximum Gasteiger partial charge on any atom is 0.227 e. The van der Waals surface area contributed by atoms with Gasteiger partial charge < -0.3 is 9.80 Å². The average molecular weight is 399 g/mol. The standard InChI is InChI=1S/C23H27F2N3O/c24-20-6-8-22(9-7-20)27-11-13-28(14-12-27)23(29)19-4-2-10-26(17-19)16-18-3-1-5-21(25)15-18/h1,3,5-9,15,19H,2,4,10-14,16-17H2. The predicted octanol–water partition coefficient (Wildman–Crippen LogP) is 3.53. The van der Waals surface area contributed by atoms with Gasteiger partial charge in [-0.25, -0.2) is 8.78 Å². The summed E-state index contributed by atoms with van der Waals surface area (Å²) >= 11 is 0. The van der Waals surface area contributed by atoms with Gasteiger partial charge in [-0.2, -0.15) is 0 Å². The number of benzene rings is 2. The number of carbonyl (C=O) groups is 1. The summed E-state index contributed by atoms with van der Waals surface area (Å²) in [7, 11) is 0. The van der Waals surface area contributed by atoms with Crippen LogP contribution in [0.4, 0.5) is 14.5 Å². The molecule has 1 unspecified atom stereocenters. The number of likely N-dealkylation sites (tertiary alicyclic amines) is 1. The van der Waals surface area contributed by atoms with Gasteiger partial charge in [-0.3, -0.25) is 9.69 Å².